The van der Waals surface area contributed by atoms with Crippen molar-refractivity contribution < 1.29 is 9.53 Å². The molecule has 1 amide bonds. The predicted octanol–water partition coefficient (Wildman–Crippen LogP) is -0.0149. The van der Waals surface area contributed by atoms with Crippen LogP contribution in [-0.2, 0) is 4.74 Å². The van der Waals surface area contributed by atoms with Crippen molar-refractivity contribution in [1.82, 2.24) is 20.2 Å². The summed E-state index contributed by atoms with van der Waals surface area (Å²) in [4.78, 5) is 33.2. The van der Waals surface area contributed by atoms with Crippen LogP contribution in [0.5, 0.6) is 0 Å². The largest absolute Gasteiger partial charge is 0.379 e. The van der Waals surface area contributed by atoms with Crippen molar-refractivity contribution >= 4 is 16.9 Å². The molecule has 2 N–H and O–H groups in total. The fourth-order valence-corrected chi connectivity index (χ4v) is 2.45. The Morgan fingerprint density at radius 1 is 1.41 bits per heavy atom. The van der Waals surface area contributed by atoms with Gasteiger partial charge in [-0.2, -0.15) is 0 Å². The van der Waals surface area contributed by atoms with E-state index in [0.717, 1.165) is 32.8 Å². The number of aromatic amines is 1. The van der Waals surface area contributed by atoms with Crippen molar-refractivity contribution in [3.05, 3.63) is 40.3 Å². The molecule has 116 valence electrons. The number of hydrogen-bond acceptors (Lipinski definition) is 5. The van der Waals surface area contributed by atoms with Crippen molar-refractivity contribution in [3.8, 4) is 0 Å². The number of carbonyl (C=O) groups is 1. The first kappa shape index (κ1) is 14.7. The van der Waals surface area contributed by atoms with E-state index in [-0.39, 0.29) is 11.5 Å². The van der Waals surface area contributed by atoms with Gasteiger partial charge >= 0.3 is 0 Å². The van der Waals surface area contributed by atoms with Crippen molar-refractivity contribution in [2.75, 3.05) is 39.4 Å². The number of H-pyrrole nitrogens is 1. The first-order chi connectivity index (χ1) is 10.7. The topological polar surface area (TPSA) is 87.3 Å². The number of aromatic nitrogens is 2. The molecule has 0 spiro atoms. The maximum atomic E-state index is 12.1. The van der Waals surface area contributed by atoms with E-state index in [0.29, 0.717) is 17.6 Å². The molecule has 22 heavy (non-hydrogen) atoms. The molecule has 1 fully saturated rings. The van der Waals surface area contributed by atoms with Crippen LogP contribution in [0.15, 0.2) is 29.2 Å². The predicted molar refractivity (Wildman–Crippen MR) is 82.0 cm³/mol. The van der Waals surface area contributed by atoms with Crippen LogP contribution < -0.4 is 10.9 Å². The Morgan fingerprint density at radius 2 is 2.23 bits per heavy atom. The molecule has 2 aromatic rings. The summed E-state index contributed by atoms with van der Waals surface area (Å²) in [7, 11) is 0. The zero-order valence-electron chi connectivity index (χ0n) is 12.2. The Balaban J connectivity index is 1.64. The normalized spacial score (nSPS) is 15.8. The number of hydrogen-bond donors (Lipinski definition) is 2. The summed E-state index contributed by atoms with van der Waals surface area (Å²) < 4.78 is 5.27. The van der Waals surface area contributed by atoms with Gasteiger partial charge in [-0.05, 0) is 18.2 Å². The lowest BCUT2D eigenvalue weighted by molar-refractivity contribution is 0.0383. The van der Waals surface area contributed by atoms with Crippen molar-refractivity contribution in [1.29, 1.82) is 0 Å². The molecule has 1 aliphatic rings. The summed E-state index contributed by atoms with van der Waals surface area (Å²) in [5.74, 6) is -0.373. The molecule has 3 rings (SSSR count). The smallest absolute Gasteiger partial charge is 0.261 e. The van der Waals surface area contributed by atoms with Gasteiger partial charge in [0.05, 0.1) is 24.2 Å². The third-order valence-electron chi connectivity index (χ3n) is 3.67. The second-order valence-electron chi connectivity index (χ2n) is 5.16. The highest BCUT2D eigenvalue weighted by Crippen LogP contribution is 2.06. The number of carbonyl (C=O) groups excluding carboxylic acids is 1. The molecule has 3 heterocycles. The molecular formula is C15H18N4O3. The average Bonchev–Trinajstić information content (AvgIpc) is 2.55. The fourth-order valence-electron chi connectivity index (χ4n) is 2.45. The van der Waals surface area contributed by atoms with E-state index in [1.54, 1.807) is 18.3 Å². The number of fused-ring (bicyclic) bond motifs is 1. The Morgan fingerprint density at radius 3 is 3.05 bits per heavy atom. The van der Waals surface area contributed by atoms with Crippen molar-refractivity contribution in [2.24, 2.45) is 0 Å². The summed E-state index contributed by atoms with van der Waals surface area (Å²) in [5.41, 5.74) is 0.912. The molecule has 0 unspecified atom stereocenters. The zero-order valence-corrected chi connectivity index (χ0v) is 12.2. The van der Waals surface area contributed by atoms with Crippen LogP contribution in [-0.4, -0.2) is 60.2 Å². The summed E-state index contributed by atoms with van der Waals surface area (Å²) in [6, 6.07) is 5.02. The molecule has 0 radical (unpaired) electrons. The van der Waals surface area contributed by atoms with Gasteiger partial charge in [0.15, 0.2) is 0 Å². The maximum absolute atomic E-state index is 12.1. The Labute approximate surface area is 127 Å². The Kier molecular flexibility index (Phi) is 4.45. The summed E-state index contributed by atoms with van der Waals surface area (Å²) >= 11 is 0. The lowest BCUT2D eigenvalue weighted by Gasteiger charge is -2.26. The van der Waals surface area contributed by atoms with Gasteiger partial charge in [-0.15, -0.1) is 0 Å². The van der Waals surface area contributed by atoms with Gasteiger partial charge < -0.3 is 15.0 Å². The van der Waals surface area contributed by atoms with E-state index in [9.17, 15) is 9.59 Å². The third kappa shape index (κ3) is 3.32. The van der Waals surface area contributed by atoms with Gasteiger partial charge in [0.2, 0.25) is 0 Å². The first-order valence-electron chi connectivity index (χ1n) is 7.30. The summed E-state index contributed by atoms with van der Waals surface area (Å²) in [6.45, 7) is 4.44. The molecule has 0 bridgehead atoms. The molecule has 7 heteroatoms. The van der Waals surface area contributed by atoms with Crippen LogP contribution in [0.1, 0.15) is 10.4 Å². The average molecular weight is 302 g/mol. The standard InChI is InChI=1S/C15H18N4O3/c20-14(17-4-5-19-6-8-22-9-7-19)11-10-13-12(18-15(11)21)2-1-3-16-13/h1-3,10H,4-9H2,(H,17,20)(H,18,21). The van der Waals surface area contributed by atoms with E-state index in [4.69, 9.17) is 4.74 Å². The van der Waals surface area contributed by atoms with Gasteiger partial charge in [-0.1, -0.05) is 0 Å². The number of pyridine rings is 2. The second kappa shape index (κ2) is 6.67. The van der Waals surface area contributed by atoms with Crippen LogP contribution in [0.3, 0.4) is 0 Å². The highest BCUT2D eigenvalue weighted by atomic mass is 16.5. The highest BCUT2D eigenvalue weighted by molar-refractivity contribution is 5.96. The van der Waals surface area contributed by atoms with Crippen LogP contribution in [0.25, 0.3) is 11.0 Å². The first-order valence-corrected chi connectivity index (χ1v) is 7.30. The monoisotopic (exact) mass is 302 g/mol. The summed E-state index contributed by atoms with van der Waals surface area (Å²) in [5, 5.41) is 2.78. The van der Waals surface area contributed by atoms with E-state index >= 15 is 0 Å². The molecule has 0 saturated carbocycles. The SMILES string of the molecule is O=C(NCCN1CCOCC1)c1cc2ncccc2[nH]c1=O. The van der Waals surface area contributed by atoms with Crippen molar-refractivity contribution in [3.63, 3.8) is 0 Å². The molecule has 0 aliphatic carbocycles. The molecule has 2 aromatic heterocycles. The second-order valence-corrected chi connectivity index (χ2v) is 5.16. The molecule has 1 aliphatic heterocycles. The van der Waals surface area contributed by atoms with Crippen LogP contribution in [0.4, 0.5) is 0 Å². The van der Waals surface area contributed by atoms with E-state index in [2.05, 4.69) is 20.2 Å². The molecular weight excluding hydrogens is 284 g/mol. The molecule has 0 aromatic carbocycles. The number of nitrogens with zero attached hydrogens (tertiary/aromatic N) is 2. The van der Waals surface area contributed by atoms with Gasteiger partial charge in [0, 0.05) is 32.4 Å². The quantitative estimate of drug-likeness (QED) is 0.829. The van der Waals surface area contributed by atoms with E-state index < -0.39 is 5.56 Å². The Bertz CT molecular complexity index is 722. The Hall–Kier alpha value is -2.25. The van der Waals surface area contributed by atoms with Crippen LogP contribution in [0, 0.1) is 0 Å². The number of rotatable bonds is 4. The van der Waals surface area contributed by atoms with Gasteiger partial charge in [-0.3, -0.25) is 19.5 Å². The van der Waals surface area contributed by atoms with E-state index in [1.165, 1.54) is 6.07 Å². The maximum Gasteiger partial charge on any atom is 0.261 e. The zero-order chi connectivity index (χ0) is 15.4. The van der Waals surface area contributed by atoms with Crippen LogP contribution >= 0.6 is 0 Å². The highest BCUT2D eigenvalue weighted by Gasteiger charge is 2.13. The van der Waals surface area contributed by atoms with Gasteiger partial charge in [0.1, 0.15) is 5.56 Å². The lowest BCUT2D eigenvalue weighted by atomic mass is 10.2. The molecule has 1 saturated heterocycles. The molecule has 0 atom stereocenters. The number of morpholine rings is 1. The minimum Gasteiger partial charge on any atom is -0.379 e. The summed E-state index contributed by atoms with van der Waals surface area (Å²) in [6.07, 6.45) is 1.63. The lowest BCUT2D eigenvalue weighted by Crippen LogP contribution is -2.42. The number of amides is 1. The number of ether oxygens (including phenoxy) is 1. The van der Waals surface area contributed by atoms with Gasteiger partial charge in [0.25, 0.3) is 11.5 Å². The van der Waals surface area contributed by atoms with Crippen molar-refractivity contribution in [2.45, 2.75) is 0 Å². The third-order valence-corrected chi connectivity index (χ3v) is 3.67. The molecule has 7 nitrogen and oxygen atoms in total. The fraction of sp³-hybridized carbons (Fsp3) is 0.400. The number of nitrogens with one attached hydrogen (secondary N) is 2. The van der Waals surface area contributed by atoms with Gasteiger partial charge in [-0.25, -0.2) is 0 Å². The minimum absolute atomic E-state index is 0.0909. The minimum atomic E-state index is -0.399. The van der Waals surface area contributed by atoms with Crippen LogP contribution in [0.2, 0.25) is 0 Å². The van der Waals surface area contributed by atoms with E-state index in [1.807, 2.05) is 0 Å².